The highest BCUT2D eigenvalue weighted by Gasteiger charge is 2.38. The number of allylic oxidation sites excluding steroid dienone is 1. The highest BCUT2D eigenvalue weighted by molar-refractivity contribution is 8.24. The fourth-order valence-electron chi connectivity index (χ4n) is 8.95. The van der Waals surface area contributed by atoms with Crippen LogP contribution in [0.25, 0.3) is 0 Å². The Balaban J connectivity index is 0.944. The summed E-state index contributed by atoms with van der Waals surface area (Å²) in [6, 6.07) is 18.6. The van der Waals surface area contributed by atoms with Crippen LogP contribution in [0.15, 0.2) is 99.5 Å². The first kappa shape index (κ1) is 67.2. The molecule has 0 atom stereocenters. The molecule has 87 heavy (non-hydrogen) atoms. The van der Waals surface area contributed by atoms with E-state index in [0.29, 0.717) is 85.5 Å². The van der Waals surface area contributed by atoms with Gasteiger partial charge in [0.05, 0.1) is 83.2 Å². The fraction of sp³-hybridized carbons (Fsp3) is 0.419. The molecule has 23 nitrogen and oxygen atoms in total. The molecule has 2 saturated carbocycles. The van der Waals surface area contributed by atoms with Crippen molar-refractivity contribution in [2.45, 2.75) is 107 Å². The highest BCUT2D eigenvalue weighted by atomic mass is 32.2. The van der Waals surface area contributed by atoms with Crippen LogP contribution in [0.4, 0.5) is 0 Å². The van der Waals surface area contributed by atoms with Crippen molar-refractivity contribution in [3.63, 3.8) is 0 Å². The molecule has 460 valence electrons. The van der Waals surface area contributed by atoms with Crippen molar-refractivity contribution in [1.29, 1.82) is 10.5 Å². The molecule has 3 aromatic carbocycles. The molecule has 0 bridgehead atoms. The average Bonchev–Trinajstić information content (AvgIpc) is 1.90. The summed E-state index contributed by atoms with van der Waals surface area (Å²) in [6.07, 6.45) is 4.44. The zero-order valence-corrected chi connectivity index (χ0v) is 49.3. The van der Waals surface area contributed by atoms with Crippen LogP contribution in [-0.2, 0) is 89.2 Å². The van der Waals surface area contributed by atoms with Crippen molar-refractivity contribution < 1.29 is 100 Å². The Morgan fingerprint density at radius 3 is 1.22 bits per heavy atom. The van der Waals surface area contributed by atoms with Gasteiger partial charge in [-0.15, -0.1) is 0 Å². The molecule has 2 aliphatic carbocycles. The summed E-state index contributed by atoms with van der Waals surface area (Å²) in [5.74, 6) is -7.27. The molecule has 3 aliphatic rings. The number of hydrogen-bond acceptors (Lipinski definition) is 25. The maximum Gasteiger partial charge on any atom is 0.330 e. The van der Waals surface area contributed by atoms with E-state index in [1.807, 2.05) is 12.1 Å². The van der Waals surface area contributed by atoms with Crippen molar-refractivity contribution in [1.82, 2.24) is 0 Å². The summed E-state index contributed by atoms with van der Waals surface area (Å²) < 4.78 is 59.4. The van der Waals surface area contributed by atoms with Gasteiger partial charge in [-0.2, -0.15) is 10.5 Å². The topological polar surface area (TPSA) is 320 Å². The van der Waals surface area contributed by atoms with Crippen LogP contribution >= 0.6 is 23.5 Å². The molecule has 0 radical (unpaired) electrons. The van der Waals surface area contributed by atoms with Crippen molar-refractivity contribution in [2.24, 2.45) is 23.7 Å². The summed E-state index contributed by atoms with van der Waals surface area (Å²) in [6.45, 7) is 7.87. The van der Waals surface area contributed by atoms with Gasteiger partial charge >= 0.3 is 59.7 Å². The number of carbonyl (C=O) groups is 10. The number of esters is 10. The van der Waals surface area contributed by atoms with E-state index in [4.69, 9.17) is 52.1 Å². The summed E-state index contributed by atoms with van der Waals surface area (Å²) in [7, 11) is 0. The van der Waals surface area contributed by atoms with Gasteiger partial charge in [-0.1, -0.05) is 60.9 Å². The van der Waals surface area contributed by atoms with E-state index in [0.717, 1.165) is 46.8 Å². The third-order valence-electron chi connectivity index (χ3n) is 13.6. The van der Waals surface area contributed by atoms with E-state index < -0.39 is 83.4 Å². The van der Waals surface area contributed by atoms with E-state index in [1.54, 1.807) is 55.5 Å². The van der Waals surface area contributed by atoms with Crippen LogP contribution in [0.5, 0.6) is 28.7 Å². The van der Waals surface area contributed by atoms with Gasteiger partial charge in [-0.05, 0) is 93.7 Å². The lowest BCUT2D eigenvalue weighted by atomic mass is 9.82. The quantitative estimate of drug-likeness (QED) is 0.0151. The van der Waals surface area contributed by atoms with Gasteiger partial charge in [0.1, 0.15) is 61.4 Å². The van der Waals surface area contributed by atoms with Gasteiger partial charge in [0, 0.05) is 31.1 Å². The summed E-state index contributed by atoms with van der Waals surface area (Å²) in [4.78, 5) is 125. The third kappa shape index (κ3) is 21.5. The molecule has 0 spiro atoms. The van der Waals surface area contributed by atoms with Gasteiger partial charge in [0.15, 0.2) is 11.5 Å². The minimum atomic E-state index is -0.646. The van der Waals surface area contributed by atoms with Gasteiger partial charge in [-0.25, -0.2) is 9.59 Å². The van der Waals surface area contributed by atoms with Gasteiger partial charge in [-0.3, -0.25) is 38.4 Å². The first-order chi connectivity index (χ1) is 42.0. The van der Waals surface area contributed by atoms with E-state index in [1.165, 1.54) is 6.07 Å². The number of hydrogen-bond donors (Lipinski definition) is 0. The molecule has 0 amide bonds. The summed E-state index contributed by atoms with van der Waals surface area (Å²) >= 11 is 2.02. The molecule has 0 N–H and O–H groups in total. The number of nitriles is 2. The molecule has 25 heteroatoms. The molecule has 0 unspecified atom stereocenters. The van der Waals surface area contributed by atoms with Crippen molar-refractivity contribution in [3.05, 3.63) is 101 Å². The van der Waals surface area contributed by atoms with Crippen LogP contribution < -0.4 is 23.7 Å². The minimum Gasteiger partial charge on any atom is -0.490 e. The second-order valence-electron chi connectivity index (χ2n) is 19.6. The SMILES string of the molecule is C=CC(=O)OCCOC(=O)CCC(=O)OCCc1ccc(OC(=O)[C@H]2CC[C@H](C(=O)Oc3cc(OCC)c(OC(=O)[C@H]4CC[C@H](C(=O)Oc5ccc(CCOC(=O)CCC(=O)OCCOC(=O)C=C)cc5)CC4)c4c3SC(=C(C#N)C#N)S4)CC2)cc1. The molecule has 1 aliphatic heterocycles. The van der Waals surface area contributed by atoms with Gasteiger partial charge < -0.3 is 52.1 Å². The minimum absolute atomic E-state index is 0.0239. The Bertz CT molecular complexity index is 3130. The molecule has 2 fully saturated rings. The zero-order chi connectivity index (χ0) is 62.7. The average molecular weight is 1240 g/mol. The molecule has 0 aromatic heterocycles. The number of benzene rings is 3. The molecule has 1 heterocycles. The van der Waals surface area contributed by atoms with Crippen LogP contribution in [0.1, 0.15) is 95.1 Å². The Morgan fingerprint density at radius 2 is 0.839 bits per heavy atom. The van der Waals surface area contributed by atoms with E-state index in [9.17, 15) is 58.5 Å². The number of thioether (sulfide) groups is 2. The number of fused-ring (bicyclic) bond motifs is 1. The Labute approximate surface area is 509 Å². The predicted octanol–water partition coefficient (Wildman–Crippen LogP) is 8.45. The Morgan fingerprint density at radius 1 is 0.483 bits per heavy atom. The normalized spacial score (nSPS) is 16.5. The number of carbonyl (C=O) groups excluding carboxylic acids is 10. The lowest BCUT2D eigenvalue weighted by molar-refractivity contribution is -0.152. The fourth-order valence-corrected chi connectivity index (χ4v) is 11.4. The monoisotopic (exact) mass is 1240 g/mol. The molecule has 0 saturated heterocycles. The lowest BCUT2D eigenvalue weighted by Gasteiger charge is -2.27. The standard InChI is InChI=1S/C62H64N2O21S2/c1-4-49(65)78-31-33-80-53(69)25-23-51(67)76-29-27-38-7-19-45(20-8-38)82-58(71)40-11-15-42(16-12-40)60(73)84-48-35-47(75-6-3)55(57-56(48)86-62(87-57)44(36-63)37-64)85-61(74)43-17-13-41(14-18-43)59(72)83-46-21-9-39(10-22-46)28-30-77-52(68)24-26-54(70)81-34-32-79-50(66)5-2/h4-5,7-10,19-22,35,40-43H,1-2,6,11-18,23-34H2,3H3/t40-,41-,42-,43-. The summed E-state index contributed by atoms with van der Waals surface area (Å²) in [5.41, 5.74) is 1.39. The highest BCUT2D eigenvalue weighted by Crippen LogP contribution is 2.61. The first-order valence-corrected chi connectivity index (χ1v) is 29.6. The Kier molecular flexibility index (Phi) is 26.9. The maximum atomic E-state index is 13.9. The van der Waals surface area contributed by atoms with Gasteiger partial charge in [0.25, 0.3) is 0 Å². The zero-order valence-electron chi connectivity index (χ0n) is 47.7. The second kappa shape index (κ2) is 34.9. The second-order valence-corrected chi connectivity index (χ2v) is 21.9. The van der Waals surface area contributed by atoms with Crippen LogP contribution in [0.3, 0.4) is 0 Å². The molecule has 6 rings (SSSR count). The third-order valence-corrected chi connectivity index (χ3v) is 16.2. The van der Waals surface area contributed by atoms with Crippen molar-refractivity contribution in [3.8, 4) is 40.9 Å². The number of nitrogens with zero attached hydrogens (tertiary/aromatic N) is 2. The largest absolute Gasteiger partial charge is 0.490 e. The van der Waals surface area contributed by atoms with Gasteiger partial charge in [0.2, 0.25) is 0 Å². The number of ether oxygens (including phenoxy) is 11. The van der Waals surface area contributed by atoms with Crippen molar-refractivity contribution in [2.75, 3.05) is 46.2 Å². The molecule has 3 aromatic rings. The molecular formula is C62H64N2O21S2. The Hall–Kier alpha value is -8.94. The van der Waals surface area contributed by atoms with Crippen molar-refractivity contribution >= 4 is 83.2 Å². The van der Waals surface area contributed by atoms with Crippen LogP contribution in [0.2, 0.25) is 0 Å². The molecular weight excluding hydrogens is 1170 g/mol. The lowest BCUT2D eigenvalue weighted by Crippen LogP contribution is -2.31. The summed E-state index contributed by atoms with van der Waals surface area (Å²) in [5, 5.41) is 19.6. The van der Waals surface area contributed by atoms with Crippen LogP contribution in [-0.4, -0.2) is 106 Å². The van der Waals surface area contributed by atoms with E-state index >= 15 is 0 Å². The predicted molar refractivity (Wildman–Crippen MR) is 306 cm³/mol. The maximum absolute atomic E-state index is 13.9. The van der Waals surface area contributed by atoms with Crippen LogP contribution in [0, 0.1) is 46.3 Å². The van der Waals surface area contributed by atoms with E-state index in [-0.39, 0.29) is 99.0 Å². The first-order valence-electron chi connectivity index (χ1n) is 28.0. The van der Waals surface area contributed by atoms with E-state index in [2.05, 4.69) is 13.2 Å². The number of rotatable bonds is 30. The smallest absolute Gasteiger partial charge is 0.330 e.